The molecule has 1 saturated heterocycles. The zero-order chi connectivity index (χ0) is 15.5. The van der Waals surface area contributed by atoms with Crippen LogP contribution in [0.4, 0.5) is 0 Å². The molecule has 1 heterocycles. The molecule has 2 aromatic rings. The molecule has 0 radical (unpaired) electrons. The lowest BCUT2D eigenvalue weighted by atomic mass is 10.1. The molecule has 1 aliphatic rings. The van der Waals surface area contributed by atoms with Crippen molar-refractivity contribution in [3.63, 3.8) is 0 Å². The number of benzene rings is 2. The molecule has 0 spiro atoms. The van der Waals surface area contributed by atoms with E-state index < -0.39 is 6.10 Å². The Bertz CT molecular complexity index is 669. The molecule has 112 valence electrons. The minimum absolute atomic E-state index is 0.0597. The van der Waals surface area contributed by atoms with Gasteiger partial charge >= 0.3 is 0 Å². The van der Waals surface area contributed by atoms with Crippen LogP contribution in [0, 0.1) is 0 Å². The Morgan fingerprint density at radius 3 is 2.23 bits per heavy atom. The van der Waals surface area contributed by atoms with Crippen LogP contribution in [0.3, 0.4) is 0 Å². The first-order valence-corrected chi connectivity index (χ1v) is 7.20. The van der Waals surface area contributed by atoms with Gasteiger partial charge in [-0.05, 0) is 5.56 Å². The molecule has 0 aliphatic carbocycles. The maximum absolute atomic E-state index is 12.3. The summed E-state index contributed by atoms with van der Waals surface area (Å²) in [6.07, 6.45) is -0.668. The van der Waals surface area contributed by atoms with Crippen molar-refractivity contribution in [1.82, 2.24) is 4.90 Å². The summed E-state index contributed by atoms with van der Waals surface area (Å²) in [7, 11) is 1.63. The fraction of sp³-hybridized carbons (Fsp3) is 0.222. The molecule has 22 heavy (non-hydrogen) atoms. The van der Waals surface area contributed by atoms with Gasteiger partial charge in [0.05, 0.1) is 6.54 Å². The highest BCUT2D eigenvalue weighted by atomic mass is 16.6. The number of ketones is 1. The van der Waals surface area contributed by atoms with Gasteiger partial charge in [-0.25, -0.2) is 0 Å². The summed E-state index contributed by atoms with van der Waals surface area (Å²) in [5.74, 6) is -0.230. The Morgan fingerprint density at radius 1 is 1.00 bits per heavy atom. The van der Waals surface area contributed by atoms with Gasteiger partial charge in [0.25, 0.3) is 5.91 Å². The number of Topliss-reactive ketones (excluding diaryl/α,β-unsaturated/α-hetero) is 1. The van der Waals surface area contributed by atoms with E-state index in [9.17, 15) is 9.59 Å². The maximum Gasteiger partial charge on any atom is 0.254 e. The molecule has 0 unspecified atom stereocenters. The Labute approximate surface area is 129 Å². The lowest BCUT2D eigenvalue weighted by Crippen LogP contribution is -2.35. The minimum Gasteiger partial charge on any atom is -0.354 e. The first-order chi connectivity index (χ1) is 10.7. The molecule has 1 fully saturated rings. The summed E-state index contributed by atoms with van der Waals surface area (Å²) >= 11 is 0. The van der Waals surface area contributed by atoms with Gasteiger partial charge < -0.3 is 9.64 Å². The van der Waals surface area contributed by atoms with E-state index in [1.54, 1.807) is 19.2 Å². The first-order valence-electron chi connectivity index (χ1n) is 7.20. The van der Waals surface area contributed by atoms with Crippen molar-refractivity contribution in [2.75, 3.05) is 13.6 Å². The van der Waals surface area contributed by atoms with Gasteiger partial charge in [0.15, 0.2) is 11.9 Å². The fourth-order valence-corrected chi connectivity index (χ4v) is 2.42. The van der Waals surface area contributed by atoms with E-state index in [-0.39, 0.29) is 24.3 Å². The zero-order valence-corrected chi connectivity index (χ0v) is 12.3. The third-order valence-corrected chi connectivity index (χ3v) is 3.72. The number of likely N-dealkylation sites (N-methyl/N-ethyl adjacent to an activating group) is 1. The lowest BCUT2D eigenvalue weighted by Gasteiger charge is -2.15. The van der Waals surface area contributed by atoms with Crippen molar-refractivity contribution in [2.45, 2.75) is 12.2 Å². The quantitative estimate of drug-likeness (QED) is 0.629. The van der Waals surface area contributed by atoms with E-state index in [0.29, 0.717) is 5.56 Å². The number of carbonyl (C=O) groups excluding carboxylic acids is 2. The molecule has 1 amide bonds. The third kappa shape index (κ3) is 3.07. The minimum atomic E-state index is -0.476. The van der Waals surface area contributed by atoms with E-state index >= 15 is 0 Å². The SMILES string of the molecule is CN(CC(=O)c1ccccc1)C(=O)[C@H]1O[C@H]1c1ccccc1. The van der Waals surface area contributed by atoms with E-state index in [0.717, 1.165) is 5.56 Å². The number of rotatable bonds is 5. The molecule has 0 saturated carbocycles. The van der Waals surface area contributed by atoms with Gasteiger partial charge in [0.1, 0.15) is 6.10 Å². The standard InChI is InChI=1S/C18H17NO3/c1-19(12-15(20)13-8-4-2-5-9-13)18(21)17-16(22-17)14-10-6-3-7-11-14/h2-11,16-17H,12H2,1H3/t16-,17-/m0/s1. The van der Waals surface area contributed by atoms with E-state index in [2.05, 4.69) is 0 Å². The monoisotopic (exact) mass is 295 g/mol. The first kappa shape index (κ1) is 14.5. The molecule has 4 heteroatoms. The summed E-state index contributed by atoms with van der Waals surface area (Å²) in [6.45, 7) is 0.0597. The van der Waals surface area contributed by atoms with Gasteiger partial charge in [0.2, 0.25) is 0 Å². The normalized spacial score (nSPS) is 19.5. The topological polar surface area (TPSA) is 49.9 Å². The van der Waals surface area contributed by atoms with Crippen molar-refractivity contribution in [3.8, 4) is 0 Å². The van der Waals surface area contributed by atoms with Crippen molar-refractivity contribution in [1.29, 1.82) is 0 Å². The summed E-state index contributed by atoms with van der Waals surface area (Å²) < 4.78 is 5.47. The molecular weight excluding hydrogens is 278 g/mol. The second-order valence-corrected chi connectivity index (χ2v) is 5.37. The fourth-order valence-electron chi connectivity index (χ4n) is 2.42. The number of hydrogen-bond donors (Lipinski definition) is 0. The van der Waals surface area contributed by atoms with Crippen LogP contribution in [0.1, 0.15) is 22.0 Å². The Kier molecular flexibility index (Phi) is 4.02. The van der Waals surface area contributed by atoms with Gasteiger partial charge in [-0.2, -0.15) is 0 Å². The van der Waals surface area contributed by atoms with Crippen LogP contribution in [-0.4, -0.2) is 36.3 Å². The molecule has 3 rings (SSSR count). The van der Waals surface area contributed by atoms with Crippen molar-refractivity contribution in [3.05, 3.63) is 71.8 Å². The third-order valence-electron chi connectivity index (χ3n) is 3.72. The summed E-state index contributed by atoms with van der Waals surface area (Å²) in [5, 5.41) is 0. The van der Waals surface area contributed by atoms with Crippen LogP contribution in [0.5, 0.6) is 0 Å². The second-order valence-electron chi connectivity index (χ2n) is 5.37. The van der Waals surface area contributed by atoms with Gasteiger partial charge in [-0.15, -0.1) is 0 Å². The van der Waals surface area contributed by atoms with Crippen LogP contribution in [0.2, 0.25) is 0 Å². The van der Waals surface area contributed by atoms with E-state index in [1.165, 1.54) is 4.90 Å². The van der Waals surface area contributed by atoms with Crippen LogP contribution in [0.15, 0.2) is 60.7 Å². The lowest BCUT2D eigenvalue weighted by molar-refractivity contribution is -0.130. The van der Waals surface area contributed by atoms with Crippen LogP contribution < -0.4 is 0 Å². The number of nitrogens with zero attached hydrogens (tertiary/aromatic N) is 1. The average molecular weight is 295 g/mol. The molecule has 0 bridgehead atoms. The number of epoxide rings is 1. The van der Waals surface area contributed by atoms with Gasteiger partial charge in [0, 0.05) is 12.6 Å². The van der Waals surface area contributed by atoms with Crippen molar-refractivity contribution >= 4 is 11.7 Å². The van der Waals surface area contributed by atoms with Crippen LogP contribution in [-0.2, 0) is 9.53 Å². The number of carbonyl (C=O) groups is 2. The number of ether oxygens (including phenoxy) is 1. The van der Waals surface area contributed by atoms with E-state index in [1.807, 2.05) is 48.5 Å². The zero-order valence-electron chi connectivity index (χ0n) is 12.3. The number of hydrogen-bond acceptors (Lipinski definition) is 3. The highest BCUT2D eigenvalue weighted by molar-refractivity contribution is 5.99. The summed E-state index contributed by atoms with van der Waals surface area (Å²) in [5.41, 5.74) is 1.60. The maximum atomic E-state index is 12.3. The van der Waals surface area contributed by atoms with Gasteiger partial charge in [-0.1, -0.05) is 60.7 Å². The molecule has 1 aliphatic heterocycles. The summed E-state index contributed by atoms with van der Waals surface area (Å²) in [4.78, 5) is 25.9. The van der Waals surface area contributed by atoms with Crippen molar-refractivity contribution < 1.29 is 14.3 Å². The highest BCUT2D eigenvalue weighted by Gasteiger charge is 2.47. The molecule has 2 aromatic carbocycles. The van der Waals surface area contributed by atoms with Crippen LogP contribution in [0.25, 0.3) is 0 Å². The highest BCUT2D eigenvalue weighted by Crippen LogP contribution is 2.39. The van der Waals surface area contributed by atoms with Crippen molar-refractivity contribution in [2.24, 2.45) is 0 Å². The Morgan fingerprint density at radius 2 is 1.59 bits per heavy atom. The van der Waals surface area contributed by atoms with Gasteiger partial charge in [-0.3, -0.25) is 9.59 Å². The van der Waals surface area contributed by atoms with Crippen LogP contribution >= 0.6 is 0 Å². The van der Waals surface area contributed by atoms with E-state index in [4.69, 9.17) is 4.74 Å². The average Bonchev–Trinajstić information content (AvgIpc) is 3.36. The Balaban J connectivity index is 1.58. The molecule has 0 aromatic heterocycles. The second kappa shape index (κ2) is 6.12. The predicted octanol–water partition coefficient (Wildman–Crippen LogP) is 2.47. The molecule has 4 nitrogen and oxygen atoms in total. The predicted molar refractivity (Wildman–Crippen MR) is 82.5 cm³/mol. The molecular formula is C18H17NO3. The number of amides is 1. The Hall–Kier alpha value is -2.46. The largest absolute Gasteiger partial charge is 0.354 e. The smallest absolute Gasteiger partial charge is 0.254 e. The molecule has 2 atom stereocenters. The summed E-state index contributed by atoms with van der Waals surface area (Å²) in [6, 6.07) is 18.6. The molecule has 0 N–H and O–H groups in total.